The van der Waals surface area contributed by atoms with E-state index in [2.05, 4.69) is 50.4 Å². The Morgan fingerprint density at radius 3 is 2.59 bits per heavy atom. The second kappa shape index (κ2) is 7.48. The van der Waals surface area contributed by atoms with Gasteiger partial charge in [-0.25, -0.2) is 9.37 Å². The molecule has 0 bridgehead atoms. The summed E-state index contributed by atoms with van der Waals surface area (Å²) in [6.07, 6.45) is 2.59. The maximum Gasteiger partial charge on any atom is 0.172 e. The lowest BCUT2D eigenvalue weighted by Crippen LogP contribution is -2.13. The first-order chi connectivity index (χ1) is 13.2. The number of nitrogens with one attached hydrogen (secondary N) is 1. The quantitative estimate of drug-likeness (QED) is 0.436. The summed E-state index contributed by atoms with van der Waals surface area (Å²) in [5, 5.41) is 7.96. The number of anilines is 1. The molecule has 2 aromatic heterocycles. The smallest absolute Gasteiger partial charge is 0.172 e. The van der Waals surface area contributed by atoms with E-state index in [0.717, 1.165) is 16.7 Å². The van der Waals surface area contributed by atoms with Gasteiger partial charge in [-0.3, -0.25) is 0 Å². The van der Waals surface area contributed by atoms with Crippen molar-refractivity contribution in [1.82, 2.24) is 14.6 Å². The molecule has 1 N–H and O–H groups in total. The summed E-state index contributed by atoms with van der Waals surface area (Å²) in [5.41, 5.74) is 2.85. The van der Waals surface area contributed by atoms with Gasteiger partial charge in [0.15, 0.2) is 5.65 Å². The number of rotatable bonds is 5. The molecule has 0 fully saturated rings. The van der Waals surface area contributed by atoms with Crippen molar-refractivity contribution in [3.05, 3.63) is 82.7 Å². The van der Waals surface area contributed by atoms with Crippen molar-refractivity contribution in [1.29, 1.82) is 0 Å². The SMILES string of the molecule is CC[C@@H](Nc1cc(-c2ccccc2F)nc2c(Br)cnn12)c1ccccc1. The summed E-state index contributed by atoms with van der Waals surface area (Å²) in [6.45, 7) is 2.12. The van der Waals surface area contributed by atoms with E-state index >= 15 is 0 Å². The normalized spacial score (nSPS) is 12.3. The van der Waals surface area contributed by atoms with Crippen LogP contribution in [0.15, 0.2) is 71.3 Å². The zero-order chi connectivity index (χ0) is 18.8. The lowest BCUT2D eigenvalue weighted by Gasteiger charge is -2.20. The minimum absolute atomic E-state index is 0.105. The Morgan fingerprint density at radius 2 is 1.85 bits per heavy atom. The van der Waals surface area contributed by atoms with E-state index in [1.54, 1.807) is 22.8 Å². The first-order valence-corrected chi connectivity index (χ1v) is 9.57. The molecule has 2 heterocycles. The number of nitrogens with zero attached hydrogens (tertiary/aromatic N) is 3. The van der Waals surface area contributed by atoms with E-state index in [9.17, 15) is 4.39 Å². The molecule has 0 saturated carbocycles. The molecule has 0 aliphatic rings. The second-order valence-electron chi connectivity index (χ2n) is 6.25. The van der Waals surface area contributed by atoms with E-state index in [1.807, 2.05) is 30.3 Å². The van der Waals surface area contributed by atoms with Gasteiger partial charge >= 0.3 is 0 Å². The van der Waals surface area contributed by atoms with Crippen LogP contribution in [0.2, 0.25) is 0 Å². The first kappa shape index (κ1) is 17.7. The molecule has 0 saturated heterocycles. The third-order valence-electron chi connectivity index (χ3n) is 4.51. The molecular weight excluding hydrogens is 407 g/mol. The van der Waals surface area contributed by atoms with E-state index in [-0.39, 0.29) is 11.9 Å². The van der Waals surface area contributed by atoms with Gasteiger partial charge < -0.3 is 5.32 Å². The fourth-order valence-electron chi connectivity index (χ4n) is 3.13. The van der Waals surface area contributed by atoms with Gasteiger partial charge in [-0.1, -0.05) is 49.4 Å². The van der Waals surface area contributed by atoms with Crippen LogP contribution in [-0.4, -0.2) is 14.6 Å². The average molecular weight is 425 g/mol. The van der Waals surface area contributed by atoms with Crippen LogP contribution in [0.1, 0.15) is 24.9 Å². The number of benzene rings is 2. The molecule has 0 amide bonds. The van der Waals surface area contributed by atoms with Gasteiger partial charge in [0.1, 0.15) is 11.6 Å². The van der Waals surface area contributed by atoms with Crippen LogP contribution in [0.5, 0.6) is 0 Å². The predicted molar refractivity (Wildman–Crippen MR) is 109 cm³/mol. The molecule has 4 rings (SSSR count). The fraction of sp³-hybridized carbons (Fsp3) is 0.143. The lowest BCUT2D eigenvalue weighted by molar-refractivity contribution is 0.630. The highest BCUT2D eigenvalue weighted by atomic mass is 79.9. The lowest BCUT2D eigenvalue weighted by atomic mass is 10.0. The summed E-state index contributed by atoms with van der Waals surface area (Å²) in [5.74, 6) is 0.464. The van der Waals surface area contributed by atoms with E-state index in [1.165, 1.54) is 11.6 Å². The zero-order valence-electron chi connectivity index (χ0n) is 14.7. The number of halogens is 2. The van der Waals surface area contributed by atoms with Gasteiger partial charge in [-0.15, -0.1) is 0 Å². The molecule has 0 aliphatic heterocycles. The van der Waals surface area contributed by atoms with Gasteiger partial charge in [0.05, 0.1) is 22.4 Å². The predicted octanol–water partition coefficient (Wildman–Crippen LogP) is 5.86. The maximum atomic E-state index is 14.3. The van der Waals surface area contributed by atoms with Crippen molar-refractivity contribution in [3.8, 4) is 11.3 Å². The van der Waals surface area contributed by atoms with Crippen LogP contribution in [-0.2, 0) is 0 Å². The molecule has 0 radical (unpaired) electrons. The first-order valence-electron chi connectivity index (χ1n) is 8.78. The number of hydrogen-bond donors (Lipinski definition) is 1. The van der Waals surface area contributed by atoms with E-state index in [4.69, 9.17) is 0 Å². The Morgan fingerprint density at radius 1 is 1.11 bits per heavy atom. The maximum absolute atomic E-state index is 14.3. The van der Waals surface area contributed by atoms with Gasteiger partial charge in [0, 0.05) is 11.6 Å². The minimum atomic E-state index is -0.300. The molecule has 136 valence electrons. The molecule has 4 aromatic rings. The number of fused-ring (bicyclic) bond motifs is 1. The Kier molecular flexibility index (Phi) is 4.90. The van der Waals surface area contributed by atoms with Crippen LogP contribution in [0, 0.1) is 5.82 Å². The summed E-state index contributed by atoms with van der Waals surface area (Å²) in [7, 11) is 0. The van der Waals surface area contributed by atoms with Crippen molar-refractivity contribution in [2.45, 2.75) is 19.4 Å². The summed E-state index contributed by atoms with van der Waals surface area (Å²) in [4.78, 5) is 4.61. The zero-order valence-corrected chi connectivity index (χ0v) is 16.3. The highest BCUT2D eigenvalue weighted by Crippen LogP contribution is 2.30. The molecule has 2 aromatic carbocycles. The van der Waals surface area contributed by atoms with Crippen molar-refractivity contribution in [2.24, 2.45) is 0 Å². The Balaban J connectivity index is 1.83. The highest BCUT2D eigenvalue weighted by molar-refractivity contribution is 9.10. The van der Waals surface area contributed by atoms with Crippen LogP contribution in [0.25, 0.3) is 16.9 Å². The fourth-order valence-corrected chi connectivity index (χ4v) is 3.48. The van der Waals surface area contributed by atoms with Gasteiger partial charge in [0.2, 0.25) is 0 Å². The van der Waals surface area contributed by atoms with Crippen molar-refractivity contribution in [2.75, 3.05) is 5.32 Å². The Hall–Kier alpha value is -2.73. The average Bonchev–Trinajstić information content (AvgIpc) is 3.08. The van der Waals surface area contributed by atoms with E-state index < -0.39 is 0 Å². The van der Waals surface area contributed by atoms with Crippen molar-refractivity contribution >= 4 is 27.4 Å². The molecule has 6 heteroatoms. The third kappa shape index (κ3) is 3.45. The topological polar surface area (TPSA) is 42.2 Å². The minimum Gasteiger partial charge on any atom is -0.363 e. The van der Waals surface area contributed by atoms with E-state index in [0.29, 0.717) is 16.9 Å². The van der Waals surface area contributed by atoms with Crippen LogP contribution >= 0.6 is 15.9 Å². The monoisotopic (exact) mass is 424 g/mol. The summed E-state index contributed by atoms with van der Waals surface area (Å²) >= 11 is 3.49. The Labute approximate surface area is 165 Å². The largest absolute Gasteiger partial charge is 0.363 e. The standard InChI is InChI=1S/C21H18BrFN4/c1-2-18(14-8-4-3-5-9-14)25-20-12-19(15-10-6-7-11-17(15)23)26-21-16(22)13-24-27(20)21/h3-13,18,25H,2H2,1H3/t18-/m1/s1. The number of aromatic nitrogens is 3. The highest BCUT2D eigenvalue weighted by Gasteiger charge is 2.16. The number of hydrogen-bond acceptors (Lipinski definition) is 3. The molecule has 0 spiro atoms. The third-order valence-corrected chi connectivity index (χ3v) is 5.07. The van der Waals surface area contributed by atoms with Gasteiger partial charge in [0.25, 0.3) is 0 Å². The molecular formula is C21H18BrFN4. The summed E-state index contributed by atoms with van der Waals surface area (Å²) in [6, 6.07) is 18.8. The molecule has 4 nitrogen and oxygen atoms in total. The van der Waals surface area contributed by atoms with Crippen LogP contribution in [0.4, 0.5) is 10.2 Å². The molecule has 0 aliphatic carbocycles. The molecule has 1 atom stereocenters. The second-order valence-corrected chi connectivity index (χ2v) is 7.10. The van der Waals surface area contributed by atoms with Crippen LogP contribution < -0.4 is 5.32 Å². The summed E-state index contributed by atoms with van der Waals surface area (Å²) < 4.78 is 16.8. The van der Waals surface area contributed by atoms with Crippen molar-refractivity contribution in [3.63, 3.8) is 0 Å². The van der Waals surface area contributed by atoms with Crippen molar-refractivity contribution < 1.29 is 4.39 Å². The Bertz CT molecular complexity index is 1080. The molecule has 27 heavy (non-hydrogen) atoms. The van der Waals surface area contributed by atoms with Gasteiger partial charge in [-0.2, -0.15) is 9.61 Å². The van der Waals surface area contributed by atoms with Gasteiger partial charge in [-0.05, 0) is 40.0 Å². The molecule has 0 unspecified atom stereocenters. The van der Waals surface area contributed by atoms with Crippen LogP contribution in [0.3, 0.4) is 0 Å².